The van der Waals surface area contributed by atoms with Gasteiger partial charge in [0.2, 0.25) is 11.9 Å². The maximum atomic E-state index is 12.4. The van der Waals surface area contributed by atoms with Crippen LogP contribution in [-0.2, 0) is 17.8 Å². The lowest BCUT2D eigenvalue weighted by molar-refractivity contribution is -0.115. The van der Waals surface area contributed by atoms with Crippen molar-refractivity contribution in [3.63, 3.8) is 0 Å². The molecule has 1 amide bonds. The number of H-pyrrole nitrogens is 1. The zero-order valence-corrected chi connectivity index (χ0v) is 14.6. The van der Waals surface area contributed by atoms with Gasteiger partial charge in [0.1, 0.15) is 0 Å². The number of anilines is 1. The van der Waals surface area contributed by atoms with Gasteiger partial charge < -0.3 is 4.98 Å². The maximum Gasteiger partial charge on any atom is 0.231 e. The lowest BCUT2D eigenvalue weighted by Gasteiger charge is -2.08. The van der Waals surface area contributed by atoms with Gasteiger partial charge in [-0.25, -0.2) is 4.98 Å². The molecule has 0 aliphatic carbocycles. The topological polar surface area (TPSA) is 75.6 Å². The van der Waals surface area contributed by atoms with Crippen LogP contribution in [0.2, 0.25) is 0 Å². The van der Waals surface area contributed by atoms with Gasteiger partial charge in [-0.15, -0.1) is 0 Å². The van der Waals surface area contributed by atoms with E-state index in [1.54, 1.807) is 0 Å². The Hall–Kier alpha value is -2.63. The molecule has 3 aromatic rings. The van der Waals surface area contributed by atoms with Gasteiger partial charge in [-0.05, 0) is 31.9 Å². The van der Waals surface area contributed by atoms with E-state index in [1.807, 2.05) is 42.8 Å². The van der Waals surface area contributed by atoms with Crippen molar-refractivity contribution in [3.8, 4) is 0 Å². The van der Waals surface area contributed by atoms with Crippen LogP contribution in [0.5, 0.6) is 0 Å². The summed E-state index contributed by atoms with van der Waals surface area (Å²) < 4.78 is 1.99. The summed E-state index contributed by atoms with van der Waals surface area (Å²) in [6, 6.07) is 7.69. The fraction of sp³-hybridized carbons (Fsp3) is 0.389. The van der Waals surface area contributed by atoms with Crippen molar-refractivity contribution in [1.29, 1.82) is 0 Å². The Labute approximate surface area is 141 Å². The first-order chi connectivity index (χ1) is 11.4. The molecule has 0 atom stereocenters. The molecule has 2 heterocycles. The van der Waals surface area contributed by atoms with Crippen LogP contribution in [-0.4, -0.2) is 25.7 Å². The molecule has 0 saturated carbocycles. The number of rotatable bonds is 5. The minimum absolute atomic E-state index is 0.0932. The summed E-state index contributed by atoms with van der Waals surface area (Å²) in [5.74, 6) is 0.899. The summed E-state index contributed by atoms with van der Waals surface area (Å²) in [5.41, 5.74) is 4.70. The number of imidazole rings is 1. The number of aromatic amines is 1. The van der Waals surface area contributed by atoms with Crippen LogP contribution in [0, 0.1) is 19.8 Å². The average molecular weight is 325 g/mol. The van der Waals surface area contributed by atoms with Crippen molar-refractivity contribution >= 4 is 22.9 Å². The van der Waals surface area contributed by atoms with Crippen molar-refractivity contribution in [2.24, 2.45) is 5.92 Å². The van der Waals surface area contributed by atoms with Gasteiger partial charge in [0.25, 0.3) is 0 Å². The van der Waals surface area contributed by atoms with Crippen LogP contribution < -0.4 is 5.32 Å². The summed E-state index contributed by atoms with van der Waals surface area (Å²) in [7, 11) is 0. The third kappa shape index (κ3) is 3.32. The standard InChI is InChI=1S/C18H23N5O/c1-11(2)10-23-13(4)14(12(3)22-23)9-17(24)21-18-19-15-7-5-6-8-16(15)20-18/h5-8,11H,9-10H2,1-4H3,(H2,19,20,21,24). The molecule has 6 nitrogen and oxygen atoms in total. The van der Waals surface area contributed by atoms with E-state index in [4.69, 9.17) is 0 Å². The van der Waals surface area contributed by atoms with Gasteiger partial charge >= 0.3 is 0 Å². The van der Waals surface area contributed by atoms with Crippen LogP contribution in [0.25, 0.3) is 11.0 Å². The molecular weight excluding hydrogens is 302 g/mol. The highest BCUT2D eigenvalue weighted by molar-refractivity contribution is 5.92. The molecule has 0 spiro atoms. The predicted molar refractivity (Wildman–Crippen MR) is 95.0 cm³/mol. The molecule has 1 aromatic carbocycles. The van der Waals surface area contributed by atoms with E-state index in [-0.39, 0.29) is 5.91 Å². The highest BCUT2D eigenvalue weighted by atomic mass is 16.1. The molecule has 0 unspecified atom stereocenters. The molecule has 0 fully saturated rings. The lowest BCUT2D eigenvalue weighted by Crippen LogP contribution is -2.16. The van der Waals surface area contributed by atoms with Crippen molar-refractivity contribution in [1.82, 2.24) is 19.7 Å². The van der Waals surface area contributed by atoms with Crippen molar-refractivity contribution in [2.75, 3.05) is 5.32 Å². The highest BCUT2D eigenvalue weighted by Crippen LogP contribution is 2.17. The second kappa shape index (κ2) is 6.47. The van der Waals surface area contributed by atoms with Gasteiger partial charge in [-0.1, -0.05) is 26.0 Å². The summed E-state index contributed by atoms with van der Waals surface area (Å²) in [4.78, 5) is 19.9. The number of benzene rings is 1. The number of nitrogens with one attached hydrogen (secondary N) is 2. The van der Waals surface area contributed by atoms with Crippen LogP contribution in [0.15, 0.2) is 24.3 Å². The number of para-hydroxylation sites is 2. The quantitative estimate of drug-likeness (QED) is 0.756. The minimum Gasteiger partial charge on any atom is -0.324 e. The Bertz CT molecular complexity index is 842. The average Bonchev–Trinajstić information content (AvgIpc) is 3.02. The number of fused-ring (bicyclic) bond motifs is 1. The largest absolute Gasteiger partial charge is 0.324 e. The van der Waals surface area contributed by atoms with E-state index >= 15 is 0 Å². The Morgan fingerprint density at radius 2 is 2.04 bits per heavy atom. The number of hydrogen-bond donors (Lipinski definition) is 2. The van der Waals surface area contributed by atoms with Crippen molar-refractivity contribution < 1.29 is 4.79 Å². The van der Waals surface area contributed by atoms with Crippen LogP contribution in [0.3, 0.4) is 0 Å². The van der Waals surface area contributed by atoms with Crippen LogP contribution >= 0.6 is 0 Å². The van der Waals surface area contributed by atoms with Crippen molar-refractivity contribution in [3.05, 3.63) is 41.2 Å². The lowest BCUT2D eigenvalue weighted by atomic mass is 10.1. The number of hydrogen-bond acceptors (Lipinski definition) is 3. The zero-order valence-electron chi connectivity index (χ0n) is 14.6. The van der Waals surface area contributed by atoms with E-state index in [0.29, 0.717) is 18.3 Å². The minimum atomic E-state index is -0.0932. The van der Waals surface area contributed by atoms with Gasteiger partial charge in [0, 0.05) is 17.8 Å². The summed E-state index contributed by atoms with van der Waals surface area (Å²) in [6.45, 7) is 9.15. The monoisotopic (exact) mass is 325 g/mol. The van der Waals surface area contributed by atoms with E-state index in [0.717, 1.165) is 34.5 Å². The summed E-state index contributed by atoms with van der Waals surface area (Å²) in [6.07, 6.45) is 0.298. The summed E-state index contributed by atoms with van der Waals surface area (Å²) in [5, 5.41) is 7.40. The molecule has 0 saturated heterocycles. The maximum absolute atomic E-state index is 12.4. The number of carbonyl (C=O) groups is 1. The molecule has 6 heteroatoms. The SMILES string of the molecule is Cc1nn(CC(C)C)c(C)c1CC(=O)Nc1nc2ccccc2[nH]1. The molecule has 2 aromatic heterocycles. The van der Waals surface area contributed by atoms with Gasteiger partial charge in [0.15, 0.2) is 0 Å². The molecule has 3 rings (SSSR count). The van der Waals surface area contributed by atoms with Crippen LogP contribution in [0.1, 0.15) is 30.8 Å². The molecule has 126 valence electrons. The predicted octanol–water partition coefficient (Wildman–Crippen LogP) is 3.21. The fourth-order valence-corrected chi connectivity index (χ4v) is 2.86. The van der Waals surface area contributed by atoms with Gasteiger partial charge in [0.05, 0.1) is 23.1 Å². The van der Waals surface area contributed by atoms with Crippen LogP contribution in [0.4, 0.5) is 5.95 Å². The van der Waals surface area contributed by atoms with E-state index < -0.39 is 0 Å². The number of aryl methyl sites for hydroxylation is 1. The molecule has 0 aliphatic rings. The Morgan fingerprint density at radius 3 is 2.75 bits per heavy atom. The number of aromatic nitrogens is 4. The third-order valence-corrected chi connectivity index (χ3v) is 4.05. The zero-order chi connectivity index (χ0) is 17.3. The van der Waals surface area contributed by atoms with E-state index in [9.17, 15) is 4.79 Å². The molecule has 0 bridgehead atoms. The van der Waals surface area contributed by atoms with E-state index in [2.05, 4.69) is 34.2 Å². The molecule has 24 heavy (non-hydrogen) atoms. The first-order valence-electron chi connectivity index (χ1n) is 8.21. The Balaban J connectivity index is 1.74. The first-order valence-corrected chi connectivity index (χ1v) is 8.21. The second-order valence-corrected chi connectivity index (χ2v) is 6.55. The van der Waals surface area contributed by atoms with Gasteiger partial charge in [-0.3, -0.25) is 14.8 Å². The summed E-state index contributed by atoms with van der Waals surface area (Å²) >= 11 is 0. The van der Waals surface area contributed by atoms with E-state index in [1.165, 1.54) is 0 Å². The normalized spacial score (nSPS) is 11.4. The highest BCUT2D eigenvalue weighted by Gasteiger charge is 2.16. The number of carbonyl (C=O) groups excluding carboxylic acids is 1. The van der Waals surface area contributed by atoms with Gasteiger partial charge in [-0.2, -0.15) is 5.10 Å². The Kier molecular flexibility index (Phi) is 4.38. The fourth-order valence-electron chi connectivity index (χ4n) is 2.86. The number of nitrogens with zero attached hydrogens (tertiary/aromatic N) is 3. The first kappa shape index (κ1) is 16.2. The third-order valence-electron chi connectivity index (χ3n) is 4.05. The molecule has 0 aliphatic heterocycles. The second-order valence-electron chi connectivity index (χ2n) is 6.55. The smallest absolute Gasteiger partial charge is 0.231 e. The molecule has 0 radical (unpaired) electrons. The Morgan fingerprint density at radius 1 is 1.29 bits per heavy atom. The van der Waals surface area contributed by atoms with Crippen molar-refractivity contribution in [2.45, 2.75) is 40.7 Å². The molecular formula is C18H23N5O. The number of amides is 1. The molecule has 2 N–H and O–H groups in total.